The summed E-state index contributed by atoms with van der Waals surface area (Å²) in [5.74, 6) is -1.65. The highest BCUT2D eigenvalue weighted by atomic mass is 16.5. The van der Waals surface area contributed by atoms with Crippen LogP contribution in [0.4, 0.5) is 4.79 Å². The molecule has 0 bridgehead atoms. The number of hydrogen-bond donors (Lipinski definition) is 4. The van der Waals surface area contributed by atoms with Gasteiger partial charge in [0.15, 0.2) is 6.04 Å². The van der Waals surface area contributed by atoms with Crippen LogP contribution in [0.1, 0.15) is 43.2 Å². The first kappa shape index (κ1) is 22.8. The number of hydrogen-bond acceptors (Lipinski definition) is 5. The first-order valence-electron chi connectivity index (χ1n) is 11.1. The molecular formula is C25H28N2O6. The standard InChI is InChI=1S/C25H28N2O6/c1-14(28)23(24(30)31)27-22(29)12-15-10-16(11-15)26-25(32)33-13-21-19-8-4-2-6-17(19)18-7-3-5-9-20(18)21/h2-9,14-16,21,23,28H,10-13H2,1H3,(H,26,32)(H,27,29)(H,30,31)/t14-,15?,16?,23+/m1/s1. The lowest BCUT2D eigenvalue weighted by Crippen LogP contribution is -2.50. The van der Waals surface area contributed by atoms with Gasteiger partial charge >= 0.3 is 12.1 Å². The van der Waals surface area contributed by atoms with E-state index < -0.39 is 30.1 Å². The highest BCUT2D eigenvalue weighted by Crippen LogP contribution is 2.44. The minimum Gasteiger partial charge on any atom is -0.480 e. The normalized spacial score (nSPS) is 20.5. The van der Waals surface area contributed by atoms with Gasteiger partial charge in [-0.15, -0.1) is 0 Å². The van der Waals surface area contributed by atoms with Crippen molar-refractivity contribution >= 4 is 18.0 Å². The fourth-order valence-corrected chi connectivity index (χ4v) is 4.71. The summed E-state index contributed by atoms with van der Waals surface area (Å²) in [6.07, 6.45) is -0.284. The Bertz CT molecular complexity index is 1000. The molecule has 1 saturated carbocycles. The number of ether oxygens (including phenoxy) is 1. The maximum atomic E-state index is 12.3. The van der Waals surface area contributed by atoms with Crippen molar-refractivity contribution in [3.8, 4) is 11.1 Å². The number of aliphatic hydroxyl groups is 1. The van der Waals surface area contributed by atoms with Gasteiger partial charge in [-0.3, -0.25) is 4.79 Å². The molecule has 4 rings (SSSR count). The third-order valence-corrected chi connectivity index (χ3v) is 6.44. The van der Waals surface area contributed by atoms with Crippen molar-refractivity contribution in [2.75, 3.05) is 6.61 Å². The zero-order valence-corrected chi connectivity index (χ0v) is 18.4. The number of aliphatic carboxylic acids is 1. The molecule has 0 aliphatic heterocycles. The molecule has 4 N–H and O–H groups in total. The molecule has 0 radical (unpaired) electrons. The Balaban J connectivity index is 1.22. The number of nitrogens with one attached hydrogen (secondary N) is 2. The summed E-state index contributed by atoms with van der Waals surface area (Å²) in [5.41, 5.74) is 4.64. The van der Waals surface area contributed by atoms with E-state index in [4.69, 9.17) is 9.84 Å². The lowest BCUT2D eigenvalue weighted by Gasteiger charge is -2.35. The molecule has 33 heavy (non-hydrogen) atoms. The van der Waals surface area contributed by atoms with Gasteiger partial charge in [0, 0.05) is 18.4 Å². The van der Waals surface area contributed by atoms with E-state index in [1.165, 1.54) is 18.1 Å². The summed E-state index contributed by atoms with van der Waals surface area (Å²) >= 11 is 0. The van der Waals surface area contributed by atoms with Gasteiger partial charge in [-0.25, -0.2) is 9.59 Å². The molecule has 0 spiro atoms. The Kier molecular flexibility index (Phi) is 6.65. The Morgan fingerprint density at radius 2 is 1.61 bits per heavy atom. The maximum absolute atomic E-state index is 12.3. The fourth-order valence-electron chi connectivity index (χ4n) is 4.71. The van der Waals surface area contributed by atoms with Gasteiger partial charge in [0.25, 0.3) is 0 Å². The molecule has 2 atom stereocenters. The summed E-state index contributed by atoms with van der Waals surface area (Å²) in [7, 11) is 0. The smallest absolute Gasteiger partial charge is 0.407 e. The summed E-state index contributed by atoms with van der Waals surface area (Å²) in [6, 6.07) is 14.9. The minimum atomic E-state index is -1.33. The van der Waals surface area contributed by atoms with E-state index in [9.17, 15) is 19.5 Å². The van der Waals surface area contributed by atoms with Gasteiger partial charge in [-0.05, 0) is 47.9 Å². The van der Waals surface area contributed by atoms with Crippen LogP contribution in [-0.2, 0) is 14.3 Å². The third-order valence-electron chi connectivity index (χ3n) is 6.44. The van der Waals surface area contributed by atoms with Crippen molar-refractivity contribution < 1.29 is 29.3 Å². The molecular weight excluding hydrogens is 424 g/mol. The average molecular weight is 453 g/mol. The molecule has 0 saturated heterocycles. The largest absolute Gasteiger partial charge is 0.480 e. The number of amides is 2. The molecule has 2 amide bonds. The number of alkyl carbamates (subject to hydrolysis) is 1. The average Bonchev–Trinajstić information content (AvgIpc) is 3.08. The highest BCUT2D eigenvalue weighted by Gasteiger charge is 2.34. The van der Waals surface area contributed by atoms with Crippen molar-refractivity contribution in [1.29, 1.82) is 0 Å². The van der Waals surface area contributed by atoms with E-state index >= 15 is 0 Å². The Hall–Kier alpha value is -3.39. The molecule has 8 nitrogen and oxygen atoms in total. The molecule has 0 aromatic heterocycles. The molecule has 8 heteroatoms. The van der Waals surface area contributed by atoms with Gasteiger partial charge in [0.2, 0.25) is 5.91 Å². The van der Waals surface area contributed by atoms with Crippen LogP contribution < -0.4 is 10.6 Å². The van der Waals surface area contributed by atoms with Gasteiger partial charge in [0.1, 0.15) is 6.61 Å². The molecule has 2 aromatic rings. The molecule has 2 aliphatic rings. The van der Waals surface area contributed by atoms with Crippen LogP contribution in [0.5, 0.6) is 0 Å². The molecule has 0 heterocycles. The van der Waals surface area contributed by atoms with Crippen molar-refractivity contribution in [3.05, 3.63) is 59.7 Å². The first-order valence-corrected chi connectivity index (χ1v) is 11.1. The molecule has 0 unspecified atom stereocenters. The summed E-state index contributed by atoms with van der Waals surface area (Å²) in [4.78, 5) is 35.5. The van der Waals surface area contributed by atoms with Gasteiger partial charge in [-0.2, -0.15) is 0 Å². The first-order chi connectivity index (χ1) is 15.8. The highest BCUT2D eigenvalue weighted by molar-refractivity contribution is 5.84. The second-order valence-corrected chi connectivity index (χ2v) is 8.83. The Morgan fingerprint density at radius 3 is 2.15 bits per heavy atom. The van der Waals surface area contributed by atoms with E-state index in [1.54, 1.807) is 0 Å². The van der Waals surface area contributed by atoms with E-state index in [-0.39, 0.29) is 30.9 Å². The quantitative estimate of drug-likeness (QED) is 0.488. The zero-order valence-electron chi connectivity index (χ0n) is 18.4. The predicted octanol–water partition coefficient (Wildman–Crippen LogP) is 2.64. The molecule has 1 fully saturated rings. The van der Waals surface area contributed by atoms with Crippen LogP contribution in [0.25, 0.3) is 11.1 Å². The molecule has 2 aliphatic carbocycles. The van der Waals surface area contributed by atoms with E-state index in [1.807, 2.05) is 24.3 Å². The second-order valence-electron chi connectivity index (χ2n) is 8.83. The van der Waals surface area contributed by atoms with Crippen molar-refractivity contribution in [3.63, 3.8) is 0 Å². The van der Waals surface area contributed by atoms with Crippen LogP contribution in [0.15, 0.2) is 48.5 Å². The van der Waals surface area contributed by atoms with Crippen LogP contribution in [0, 0.1) is 5.92 Å². The van der Waals surface area contributed by atoms with Crippen LogP contribution in [-0.4, -0.2) is 53.0 Å². The SMILES string of the molecule is C[C@@H](O)[C@H](NC(=O)CC1CC(NC(=O)OCC2c3ccccc3-c3ccccc32)C1)C(=O)O. The Labute approximate surface area is 192 Å². The molecule has 174 valence electrons. The number of fused-ring (bicyclic) bond motifs is 3. The number of benzene rings is 2. The van der Waals surface area contributed by atoms with Crippen LogP contribution in [0.2, 0.25) is 0 Å². The third kappa shape index (κ3) is 5.01. The zero-order chi connectivity index (χ0) is 23.5. The maximum Gasteiger partial charge on any atom is 0.407 e. The predicted molar refractivity (Wildman–Crippen MR) is 121 cm³/mol. The topological polar surface area (TPSA) is 125 Å². The second kappa shape index (κ2) is 9.62. The van der Waals surface area contributed by atoms with Gasteiger partial charge in [-0.1, -0.05) is 48.5 Å². The van der Waals surface area contributed by atoms with E-state index in [0.717, 1.165) is 11.1 Å². The number of aliphatic hydroxyl groups excluding tert-OH is 1. The number of carbonyl (C=O) groups is 3. The van der Waals surface area contributed by atoms with E-state index in [0.29, 0.717) is 12.8 Å². The van der Waals surface area contributed by atoms with E-state index in [2.05, 4.69) is 34.9 Å². The van der Waals surface area contributed by atoms with Gasteiger partial charge in [0.05, 0.1) is 6.10 Å². The fraction of sp³-hybridized carbons (Fsp3) is 0.400. The Morgan fingerprint density at radius 1 is 1.03 bits per heavy atom. The molecule has 2 aromatic carbocycles. The van der Waals surface area contributed by atoms with Crippen LogP contribution in [0.3, 0.4) is 0 Å². The van der Waals surface area contributed by atoms with Gasteiger partial charge < -0.3 is 25.6 Å². The summed E-state index contributed by atoms with van der Waals surface area (Å²) in [6.45, 7) is 1.56. The lowest BCUT2D eigenvalue weighted by molar-refractivity contribution is -0.145. The number of carboxylic acid groups (broad SMARTS) is 1. The summed E-state index contributed by atoms with van der Waals surface area (Å²) < 4.78 is 5.55. The van der Waals surface area contributed by atoms with Crippen molar-refractivity contribution in [2.45, 2.75) is 50.3 Å². The summed E-state index contributed by atoms with van der Waals surface area (Å²) in [5, 5.41) is 23.7. The monoisotopic (exact) mass is 452 g/mol. The van der Waals surface area contributed by atoms with Crippen LogP contribution >= 0.6 is 0 Å². The lowest BCUT2D eigenvalue weighted by atomic mass is 9.78. The van der Waals surface area contributed by atoms with Crippen molar-refractivity contribution in [2.24, 2.45) is 5.92 Å². The number of carboxylic acids is 1. The van der Waals surface area contributed by atoms with Crippen molar-refractivity contribution in [1.82, 2.24) is 10.6 Å². The number of rotatable bonds is 8. The number of carbonyl (C=O) groups excluding carboxylic acids is 2. The minimum absolute atomic E-state index is 0.00270.